The van der Waals surface area contributed by atoms with Gasteiger partial charge in [-0.1, -0.05) is 37.9 Å². The van der Waals surface area contributed by atoms with Gasteiger partial charge < -0.3 is 4.90 Å². The van der Waals surface area contributed by atoms with Gasteiger partial charge in [-0.05, 0) is 31.2 Å². The third-order valence-electron chi connectivity index (χ3n) is 4.85. The van der Waals surface area contributed by atoms with E-state index < -0.39 is 0 Å². The van der Waals surface area contributed by atoms with Gasteiger partial charge >= 0.3 is 0 Å². The van der Waals surface area contributed by atoms with Crippen LogP contribution in [0, 0.1) is 0 Å². The van der Waals surface area contributed by atoms with Crippen LogP contribution in [0.3, 0.4) is 0 Å². The van der Waals surface area contributed by atoms with E-state index in [0.717, 1.165) is 42.3 Å². The van der Waals surface area contributed by atoms with E-state index in [1.807, 2.05) is 4.57 Å². The highest BCUT2D eigenvalue weighted by Crippen LogP contribution is 2.35. The fraction of sp³-hybridized carbons (Fsp3) is 0.632. The number of aryl methyl sites for hydroxylation is 2. The second-order valence-corrected chi connectivity index (χ2v) is 9.05. The zero-order valence-corrected chi connectivity index (χ0v) is 17.5. The van der Waals surface area contributed by atoms with E-state index in [0.29, 0.717) is 17.5 Å². The van der Waals surface area contributed by atoms with E-state index >= 15 is 0 Å². The maximum absolute atomic E-state index is 13.2. The summed E-state index contributed by atoms with van der Waals surface area (Å²) in [5, 5.41) is 1.52. The van der Waals surface area contributed by atoms with Crippen LogP contribution in [-0.2, 0) is 24.2 Å². The summed E-state index contributed by atoms with van der Waals surface area (Å²) < 4.78 is 1.82. The summed E-state index contributed by atoms with van der Waals surface area (Å²) in [6, 6.07) is 0. The molecule has 26 heavy (non-hydrogen) atoms. The summed E-state index contributed by atoms with van der Waals surface area (Å²) in [5.41, 5.74) is 1.32. The molecule has 7 heteroatoms. The molecule has 1 aliphatic rings. The molecule has 0 spiro atoms. The zero-order chi connectivity index (χ0) is 18.7. The van der Waals surface area contributed by atoms with Crippen molar-refractivity contribution in [3.8, 4) is 0 Å². The Hall–Kier alpha value is -1.34. The first-order chi connectivity index (χ1) is 12.5. The Morgan fingerprint density at radius 3 is 2.81 bits per heavy atom. The van der Waals surface area contributed by atoms with Gasteiger partial charge in [0.05, 0.1) is 11.1 Å². The lowest BCUT2D eigenvalue weighted by molar-refractivity contribution is -0.125. The number of fused-ring (bicyclic) bond motifs is 3. The maximum atomic E-state index is 13.2. The minimum absolute atomic E-state index is 0.0375. The highest BCUT2D eigenvalue weighted by molar-refractivity contribution is 7.99. The lowest BCUT2D eigenvalue weighted by atomic mass is 10.2. The number of thioether (sulfide) groups is 1. The van der Waals surface area contributed by atoms with Gasteiger partial charge in [0.2, 0.25) is 5.91 Å². The Morgan fingerprint density at radius 2 is 2.08 bits per heavy atom. The third kappa shape index (κ3) is 3.98. The average molecular weight is 394 g/mol. The van der Waals surface area contributed by atoms with E-state index in [-0.39, 0.29) is 11.5 Å². The molecular weight excluding hydrogens is 366 g/mol. The van der Waals surface area contributed by atoms with Crippen molar-refractivity contribution in [3.63, 3.8) is 0 Å². The molecule has 2 aromatic rings. The van der Waals surface area contributed by atoms with Gasteiger partial charge in [0, 0.05) is 25.5 Å². The van der Waals surface area contributed by atoms with Gasteiger partial charge in [-0.25, -0.2) is 4.98 Å². The molecular formula is C19H27N3O2S2. The first-order valence-electron chi connectivity index (χ1n) is 9.41. The van der Waals surface area contributed by atoms with Gasteiger partial charge in [0.15, 0.2) is 5.16 Å². The summed E-state index contributed by atoms with van der Waals surface area (Å²) in [6.45, 7) is 2.87. The van der Waals surface area contributed by atoms with Crippen molar-refractivity contribution in [2.24, 2.45) is 0 Å². The molecule has 0 saturated heterocycles. The normalized spacial score (nSPS) is 13.3. The lowest BCUT2D eigenvalue weighted by Crippen LogP contribution is -2.26. The number of aromatic nitrogens is 2. The van der Waals surface area contributed by atoms with Crippen molar-refractivity contribution in [3.05, 3.63) is 20.8 Å². The van der Waals surface area contributed by atoms with Crippen LogP contribution in [0.2, 0.25) is 0 Å². The molecule has 0 radical (unpaired) electrons. The fourth-order valence-electron chi connectivity index (χ4n) is 3.32. The highest BCUT2D eigenvalue weighted by Gasteiger charge is 2.23. The minimum atomic E-state index is 0.0375. The zero-order valence-electron chi connectivity index (χ0n) is 15.8. The van der Waals surface area contributed by atoms with Crippen molar-refractivity contribution in [1.29, 1.82) is 0 Å². The first kappa shape index (κ1) is 19.4. The van der Waals surface area contributed by atoms with Crippen LogP contribution in [0.15, 0.2) is 9.95 Å². The quantitative estimate of drug-likeness (QED) is 0.390. The highest BCUT2D eigenvalue weighted by atomic mass is 32.2. The molecule has 0 atom stereocenters. The fourth-order valence-corrected chi connectivity index (χ4v) is 5.62. The second-order valence-electron chi connectivity index (χ2n) is 7.03. The van der Waals surface area contributed by atoms with Crippen LogP contribution >= 0.6 is 23.1 Å². The molecule has 0 aliphatic heterocycles. The lowest BCUT2D eigenvalue weighted by Gasteiger charge is -2.14. The number of carbonyl (C=O) groups excluding carboxylic acids is 1. The molecule has 0 N–H and O–H groups in total. The minimum Gasteiger partial charge on any atom is -0.348 e. The Kier molecular flexibility index (Phi) is 6.40. The number of unbranched alkanes of at least 4 members (excludes halogenated alkanes) is 3. The molecule has 3 rings (SSSR count). The smallest absolute Gasteiger partial charge is 0.263 e. The van der Waals surface area contributed by atoms with Crippen LogP contribution in [0.1, 0.15) is 49.5 Å². The summed E-state index contributed by atoms with van der Waals surface area (Å²) in [6.07, 6.45) is 7.64. The Morgan fingerprint density at radius 1 is 1.27 bits per heavy atom. The van der Waals surface area contributed by atoms with Crippen molar-refractivity contribution < 1.29 is 4.79 Å². The van der Waals surface area contributed by atoms with Crippen molar-refractivity contribution in [2.75, 3.05) is 19.8 Å². The van der Waals surface area contributed by atoms with Crippen LogP contribution in [0.5, 0.6) is 0 Å². The average Bonchev–Trinajstić information content (AvgIpc) is 3.18. The van der Waals surface area contributed by atoms with E-state index in [1.54, 1.807) is 30.3 Å². The number of carbonyl (C=O) groups is 1. The molecule has 2 aromatic heterocycles. The Bertz CT molecular complexity index is 855. The molecule has 0 fully saturated rings. The Balaban J connectivity index is 1.94. The second kappa shape index (κ2) is 8.57. The molecule has 0 saturated carbocycles. The monoisotopic (exact) mass is 393 g/mol. The van der Waals surface area contributed by atoms with Crippen molar-refractivity contribution >= 4 is 39.2 Å². The van der Waals surface area contributed by atoms with E-state index in [1.165, 1.54) is 35.0 Å². The molecule has 1 amide bonds. The molecule has 0 aromatic carbocycles. The number of thiophene rings is 1. The van der Waals surface area contributed by atoms with E-state index in [4.69, 9.17) is 4.98 Å². The van der Waals surface area contributed by atoms with Gasteiger partial charge in [-0.2, -0.15) is 0 Å². The summed E-state index contributed by atoms with van der Waals surface area (Å²) in [4.78, 5) is 33.8. The molecule has 5 nitrogen and oxygen atoms in total. The third-order valence-corrected chi connectivity index (χ3v) is 7.00. The number of rotatable bonds is 8. The molecule has 2 heterocycles. The maximum Gasteiger partial charge on any atom is 0.263 e. The van der Waals surface area contributed by atoms with Crippen LogP contribution < -0.4 is 5.56 Å². The van der Waals surface area contributed by atoms with E-state index in [2.05, 4.69) is 6.92 Å². The number of amides is 1. The summed E-state index contributed by atoms with van der Waals surface area (Å²) in [5.74, 6) is 0.348. The van der Waals surface area contributed by atoms with Crippen molar-refractivity contribution in [2.45, 2.75) is 63.6 Å². The SMILES string of the molecule is CCCCCCn1c(SCC(=O)N(C)C)nc2sc3c(c2c1=O)CCC3. The van der Waals surface area contributed by atoms with Gasteiger partial charge in [-0.15, -0.1) is 11.3 Å². The first-order valence-corrected chi connectivity index (χ1v) is 11.2. The Labute approximate surface area is 162 Å². The molecule has 0 unspecified atom stereocenters. The van der Waals surface area contributed by atoms with Gasteiger partial charge in [0.1, 0.15) is 4.83 Å². The number of hydrogen-bond donors (Lipinski definition) is 0. The summed E-state index contributed by atoms with van der Waals surface area (Å²) >= 11 is 3.05. The molecule has 142 valence electrons. The van der Waals surface area contributed by atoms with Crippen LogP contribution in [0.4, 0.5) is 0 Å². The standard InChI is InChI=1S/C19H27N3O2S2/c1-4-5-6-7-11-22-18(24)16-13-9-8-10-14(13)26-17(16)20-19(22)25-12-15(23)21(2)3/h4-12H2,1-3H3. The number of nitrogens with zero attached hydrogens (tertiary/aromatic N) is 3. The van der Waals surface area contributed by atoms with Crippen LogP contribution in [0.25, 0.3) is 10.2 Å². The van der Waals surface area contributed by atoms with Gasteiger partial charge in [0.25, 0.3) is 5.56 Å². The predicted molar refractivity (Wildman–Crippen MR) is 109 cm³/mol. The largest absolute Gasteiger partial charge is 0.348 e. The summed E-state index contributed by atoms with van der Waals surface area (Å²) in [7, 11) is 3.50. The topological polar surface area (TPSA) is 55.2 Å². The predicted octanol–water partition coefficient (Wildman–Crippen LogP) is 3.71. The van der Waals surface area contributed by atoms with Crippen LogP contribution in [-0.4, -0.2) is 40.2 Å². The van der Waals surface area contributed by atoms with E-state index in [9.17, 15) is 9.59 Å². The molecule has 1 aliphatic carbocycles. The number of hydrogen-bond acceptors (Lipinski definition) is 5. The molecule has 0 bridgehead atoms. The van der Waals surface area contributed by atoms with Gasteiger partial charge in [-0.3, -0.25) is 14.2 Å². The van der Waals surface area contributed by atoms with Crippen molar-refractivity contribution in [1.82, 2.24) is 14.5 Å².